The van der Waals surface area contributed by atoms with Gasteiger partial charge < -0.3 is 9.84 Å². The van der Waals surface area contributed by atoms with E-state index in [9.17, 15) is 5.11 Å². The zero-order chi connectivity index (χ0) is 13.1. The molecule has 5 heteroatoms. The van der Waals surface area contributed by atoms with Crippen LogP contribution >= 0.6 is 27.5 Å². The van der Waals surface area contributed by atoms with Crippen LogP contribution in [0.25, 0.3) is 0 Å². The Morgan fingerprint density at radius 2 is 2.11 bits per heavy atom. The van der Waals surface area contributed by atoms with Crippen LogP contribution in [0.4, 0.5) is 0 Å². The topological polar surface area (TPSA) is 42.4 Å². The summed E-state index contributed by atoms with van der Waals surface area (Å²) in [4.78, 5) is 4.11. The van der Waals surface area contributed by atoms with E-state index in [0.29, 0.717) is 16.7 Å². The Balaban J connectivity index is 2.21. The van der Waals surface area contributed by atoms with Crippen LogP contribution in [0.5, 0.6) is 11.6 Å². The zero-order valence-corrected chi connectivity index (χ0v) is 11.9. The highest BCUT2D eigenvalue weighted by Crippen LogP contribution is 2.31. The first-order chi connectivity index (χ1) is 8.56. The van der Waals surface area contributed by atoms with Gasteiger partial charge in [0.15, 0.2) is 0 Å². The van der Waals surface area contributed by atoms with Gasteiger partial charge >= 0.3 is 0 Å². The minimum atomic E-state index is -0.541. The number of nitrogens with zero attached hydrogens (tertiary/aromatic N) is 1. The van der Waals surface area contributed by atoms with Crippen molar-refractivity contribution in [3.8, 4) is 11.6 Å². The van der Waals surface area contributed by atoms with Gasteiger partial charge in [0, 0.05) is 16.7 Å². The molecule has 0 aliphatic rings. The van der Waals surface area contributed by atoms with Crippen molar-refractivity contribution >= 4 is 27.5 Å². The van der Waals surface area contributed by atoms with E-state index in [4.69, 9.17) is 16.3 Å². The van der Waals surface area contributed by atoms with E-state index in [1.54, 1.807) is 37.4 Å². The second-order valence-corrected chi connectivity index (χ2v) is 5.11. The molecule has 1 heterocycles. The number of hydrogen-bond donors (Lipinski definition) is 1. The number of halogens is 2. The molecular formula is C13H11BrClNO2. The van der Waals surface area contributed by atoms with Crippen molar-refractivity contribution < 1.29 is 9.84 Å². The Hall–Kier alpha value is -1.10. The molecule has 3 nitrogen and oxygen atoms in total. The third-order valence-corrected chi connectivity index (χ3v) is 3.15. The second kappa shape index (κ2) is 5.69. The fourth-order valence-electron chi connectivity index (χ4n) is 1.37. The van der Waals surface area contributed by atoms with Crippen LogP contribution in [0.3, 0.4) is 0 Å². The van der Waals surface area contributed by atoms with Gasteiger partial charge in [-0.15, -0.1) is 0 Å². The highest BCUT2D eigenvalue weighted by Gasteiger charge is 2.06. The third kappa shape index (κ3) is 3.22. The van der Waals surface area contributed by atoms with Gasteiger partial charge in [0.2, 0.25) is 5.88 Å². The normalized spacial score (nSPS) is 12.2. The van der Waals surface area contributed by atoms with E-state index in [1.807, 2.05) is 6.07 Å². The molecule has 18 heavy (non-hydrogen) atoms. The summed E-state index contributed by atoms with van der Waals surface area (Å²) in [5.41, 5.74) is 0.739. The Labute approximate surface area is 119 Å². The van der Waals surface area contributed by atoms with Gasteiger partial charge in [-0.3, -0.25) is 0 Å². The van der Waals surface area contributed by atoms with Crippen LogP contribution < -0.4 is 4.74 Å². The SMILES string of the molecule is CC(O)c1ccc(Oc2cc(Br)ccc2Cl)nc1. The molecule has 0 spiro atoms. The number of aliphatic hydroxyl groups is 1. The second-order valence-electron chi connectivity index (χ2n) is 3.78. The van der Waals surface area contributed by atoms with Crippen molar-refractivity contribution in [2.45, 2.75) is 13.0 Å². The van der Waals surface area contributed by atoms with Crippen LogP contribution in [0.15, 0.2) is 41.0 Å². The zero-order valence-electron chi connectivity index (χ0n) is 9.60. The highest BCUT2D eigenvalue weighted by molar-refractivity contribution is 9.10. The molecule has 0 saturated carbocycles. The number of aliphatic hydroxyl groups excluding tert-OH is 1. The fourth-order valence-corrected chi connectivity index (χ4v) is 1.86. The van der Waals surface area contributed by atoms with Crippen molar-refractivity contribution in [2.24, 2.45) is 0 Å². The molecule has 0 amide bonds. The summed E-state index contributed by atoms with van der Waals surface area (Å²) >= 11 is 9.36. The van der Waals surface area contributed by atoms with Crippen LogP contribution in [0, 0.1) is 0 Å². The molecule has 0 saturated heterocycles. The number of pyridine rings is 1. The Bertz CT molecular complexity index is 543. The van der Waals surface area contributed by atoms with Crippen LogP contribution in [-0.4, -0.2) is 10.1 Å². The van der Waals surface area contributed by atoms with Crippen molar-refractivity contribution in [1.29, 1.82) is 0 Å². The van der Waals surface area contributed by atoms with Gasteiger partial charge in [0.05, 0.1) is 11.1 Å². The molecule has 0 fully saturated rings. The lowest BCUT2D eigenvalue weighted by molar-refractivity contribution is 0.198. The molecule has 1 atom stereocenters. The van der Waals surface area contributed by atoms with Gasteiger partial charge in [0.25, 0.3) is 0 Å². The smallest absolute Gasteiger partial charge is 0.219 e. The predicted octanol–water partition coefficient (Wildman–Crippen LogP) is 4.34. The average Bonchev–Trinajstić information content (AvgIpc) is 2.34. The van der Waals surface area contributed by atoms with Crippen LogP contribution in [-0.2, 0) is 0 Å². The van der Waals surface area contributed by atoms with Gasteiger partial charge in [-0.2, -0.15) is 0 Å². The first-order valence-electron chi connectivity index (χ1n) is 5.33. The highest BCUT2D eigenvalue weighted by atomic mass is 79.9. The van der Waals surface area contributed by atoms with Gasteiger partial charge in [0.1, 0.15) is 5.75 Å². The summed E-state index contributed by atoms with van der Waals surface area (Å²) in [5, 5.41) is 9.89. The summed E-state index contributed by atoms with van der Waals surface area (Å²) in [7, 11) is 0. The molecule has 94 valence electrons. The molecule has 1 aromatic heterocycles. The molecule has 1 unspecified atom stereocenters. The summed E-state index contributed by atoms with van der Waals surface area (Å²) in [6.45, 7) is 1.68. The third-order valence-electron chi connectivity index (χ3n) is 2.35. The van der Waals surface area contributed by atoms with Crippen molar-refractivity contribution in [1.82, 2.24) is 4.98 Å². The quantitative estimate of drug-likeness (QED) is 0.911. The number of hydrogen-bond acceptors (Lipinski definition) is 3. The molecule has 2 aromatic rings. The minimum Gasteiger partial charge on any atom is -0.437 e. The van der Waals surface area contributed by atoms with E-state index in [2.05, 4.69) is 20.9 Å². The molecule has 1 N–H and O–H groups in total. The molecule has 0 aliphatic heterocycles. The van der Waals surface area contributed by atoms with E-state index < -0.39 is 6.10 Å². The van der Waals surface area contributed by atoms with Gasteiger partial charge in [-0.05, 0) is 36.8 Å². The Kier molecular flexibility index (Phi) is 4.22. The van der Waals surface area contributed by atoms with Crippen LogP contribution in [0.2, 0.25) is 5.02 Å². The monoisotopic (exact) mass is 327 g/mol. The van der Waals surface area contributed by atoms with E-state index in [0.717, 1.165) is 10.0 Å². The molecule has 0 bridgehead atoms. The lowest BCUT2D eigenvalue weighted by atomic mass is 10.2. The maximum atomic E-state index is 9.38. The maximum Gasteiger partial charge on any atom is 0.219 e. The van der Waals surface area contributed by atoms with Gasteiger partial charge in [-0.25, -0.2) is 4.98 Å². The number of ether oxygens (including phenoxy) is 1. The maximum absolute atomic E-state index is 9.38. The minimum absolute atomic E-state index is 0.430. The molecule has 0 aliphatic carbocycles. The van der Waals surface area contributed by atoms with E-state index in [-0.39, 0.29) is 0 Å². The van der Waals surface area contributed by atoms with Crippen molar-refractivity contribution in [3.05, 3.63) is 51.6 Å². The molecule has 1 aromatic carbocycles. The van der Waals surface area contributed by atoms with E-state index >= 15 is 0 Å². The fraction of sp³-hybridized carbons (Fsp3) is 0.154. The molecular weight excluding hydrogens is 318 g/mol. The first-order valence-corrected chi connectivity index (χ1v) is 6.50. The number of rotatable bonds is 3. The van der Waals surface area contributed by atoms with Crippen molar-refractivity contribution in [2.75, 3.05) is 0 Å². The first kappa shape index (κ1) is 13.3. The lowest BCUT2D eigenvalue weighted by Gasteiger charge is -2.08. The summed E-state index contributed by atoms with van der Waals surface area (Å²) < 4.78 is 6.45. The summed E-state index contributed by atoms with van der Waals surface area (Å²) in [6.07, 6.45) is 1.03. The summed E-state index contributed by atoms with van der Waals surface area (Å²) in [6, 6.07) is 8.80. The Morgan fingerprint density at radius 1 is 1.33 bits per heavy atom. The number of aromatic nitrogens is 1. The molecule has 2 rings (SSSR count). The molecule has 0 radical (unpaired) electrons. The van der Waals surface area contributed by atoms with E-state index in [1.165, 1.54) is 0 Å². The standard InChI is InChI=1S/C13H11BrClNO2/c1-8(17)9-2-5-13(16-7-9)18-12-6-10(14)3-4-11(12)15/h2-8,17H,1H3. The average molecular weight is 329 g/mol. The predicted molar refractivity (Wildman–Crippen MR) is 74.1 cm³/mol. The van der Waals surface area contributed by atoms with Crippen molar-refractivity contribution in [3.63, 3.8) is 0 Å². The van der Waals surface area contributed by atoms with Gasteiger partial charge in [-0.1, -0.05) is 27.5 Å². The lowest BCUT2D eigenvalue weighted by Crippen LogP contribution is -1.94. The number of benzene rings is 1. The summed E-state index contributed by atoms with van der Waals surface area (Å²) in [5.74, 6) is 0.961. The Morgan fingerprint density at radius 3 is 2.72 bits per heavy atom. The van der Waals surface area contributed by atoms with Crippen LogP contribution in [0.1, 0.15) is 18.6 Å². The largest absolute Gasteiger partial charge is 0.437 e.